The summed E-state index contributed by atoms with van der Waals surface area (Å²) in [7, 11) is 0. The Kier molecular flexibility index (Phi) is 3.42. The first kappa shape index (κ1) is 12.7. The molecule has 0 fully saturated rings. The molecule has 1 atom stereocenters. The molecule has 1 aliphatic rings. The molecule has 102 valence electrons. The Hall–Kier alpha value is -2.29. The van der Waals surface area contributed by atoms with Gasteiger partial charge in [-0.05, 0) is 18.6 Å². The number of rotatable bonds is 3. The van der Waals surface area contributed by atoms with Crippen molar-refractivity contribution >= 4 is 5.91 Å². The molecule has 0 saturated heterocycles. The van der Waals surface area contributed by atoms with Crippen LogP contribution in [0.2, 0.25) is 0 Å². The average Bonchev–Trinajstić information content (AvgIpc) is 2.85. The lowest BCUT2D eigenvalue weighted by atomic mass is 10.1. The number of aryl methyl sites for hydroxylation is 1. The van der Waals surface area contributed by atoms with Crippen LogP contribution >= 0.6 is 0 Å². The third-order valence-electron chi connectivity index (χ3n) is 3.52. The van der Waals surface area contributed by atoms with Crippen molar-refractivity contribution in [1.82, 2.24) is 5.32 Å². The summed E-state index contributed by atoms with van der Waals surface area (Å²) in [6, 6.07) is 15.8. The molecule has 0 radical (unpaired) electrons. The SMILES string of the molecule is Cc1ccc(CC(=O)NC2COc3ccccc32)cc1. The van der Waals surface area contributed by atoms with Crippen molar-refractivity contribution in [2.24, 2.45) is 0 Å². The zero-order valence-corrected chi connectivity index (χ0v) is 11.4. The summed E-state index contributed by atoms with van der Waals surface area (Å²) in [5, 5.41) is 3.03. The van der Waals surface area contributed by atoms with Gasteiger partial charge in [0.05, 0.1) is 12.5 Å². The first-order valence-corrected chi connectivity index (χ1v) is 6.79. The molecule has 3 heteroatoms. The van der Waals surface area contributed by atoms with Crippen LogP contribution in [-0.4, -0.2) is 12.5 Å². The molecule has 1 amide bonds. The molecule has 20 heavy (non-hydrogen) atoms. The first-order chi connectivity index (χ1) is 9.72. The van der Waals surface area contributed by atoms with Crippen molar-refractivity contribution < 1.29 is 9.53 Å². The van der Waals surface area contributed by atoms with Crippen molar-refractivity contribution in [3.05, 3.63) is 65.2 Å². The van der Waals surface area contributed by atoms with E-state index in [2.05, 4.69) is 5.32 Å². The molecule has 0 spiro atoms. The number of para-hydroxylation sites is 1. The normalized spacial score (nSPS) is 16.4. The number of ether oxygens (including phenoxy) is 1. The van der Waals surface area contributed by atoms with E-state index in [9.17, 15) is 4.79 Å². The van der Waals surface area contributed by atoms with Gasteiger partial charge in [-0.15, -0.1) is 0 Å². The third kappa shape index (κ3) is 2.67. The number of carbonyl (C=O) groups excluding carboxylic acids is 1. The van der Waals surface area contributed by atoms with E-state index in [-0.39, 0.29) is 11.9 Å². The summed E-state index contributed by atoms with van der Waals surface area (Å²) >= 11 is 0. The molecule has 0 saturated carbocycles. The maximum atomic E-state index is 12.1. The van der Waals surface area contributed by atoms with Gasteiger partial charge in [-0.1, -0.05) is 48.0 Å². The molecule has 3 rings (SSSR count). The van der Waals surface area contributed by atoms with Gasteiger partial charge in [0, 0.05) is 5.56 Å². The number of benzene rings is 2. The highest BCUT2D eigenvalue weighted by atomic mass is 16.5. The summed E-state index contributed by atoms with van der Waals surface area (Å²) in [5.74, 6) is 0.896. The van der Waals surface area contributed by atoms with Crippen LogP contribution in [-0.2, 0) is 11.2 Å². The monoisotopic (exact) mass is 267 g/mol. The molecule has 0 aromatic heterocycles. The maximum absolute atomic E-state index is 12.1. The lowest BCUT2D eigenvalue weighted by Crippen LogP contribution is -2.30. The van der Waals surface area contributed by atoms with Crippen LogP contribution in [0.5, 0.6) is 5.75 Å². The van der Waals surface area contributed by atoms with Crippen molar-refractivity contribution in [3.8, 4) is 5.75 Å². The average molecular weight is 267 g/mol. The van der Waals surface area contributed by atoms with Gasteiger partial charge >= 0.3 is 0 Å². The zero-order chi connectivity index (χ0) is 13.9. The fourth-order valence-corrected chi connectivity index (χ4v) is 2.42. The Morgan fingerprint density at radius 1 is 1.20 bits per heavy atom. The van der Waals surface area contributed by atoms with Crippen molar-refractivity contribution in [1.29, 1.82) is 0 Å². The third-order valence-corrected chi connectivity index (χ3v) is 3.52. The number of amides is 1. The lowest BCUT2D eigenvalue weighted by molar-refractivity contribution is -0.121. The van der Waals surface area contributed by atoms with Gasteiger partial charge in [0.25, 0.3) is 0 Å². The molecular formula is C17H17NO2. The smallest absolute Gasteiger partial charge is 0.225 e. The van der Waals surface area contributed by atoms with Crippen LogP contribution < -0.4 is 10.1 Å². The molecule has 3 nitrogen and oxygen atoms in total. The minimum atomic E-state index is -0.0378. The second kappa shape index (κ2) is 5.37. The minimum absolute atomic E-state index is 0.0270. The second-order valence-electron chi connectivity index (χ2n) is 5.13. The van der Waals surface area contributed by atoms with Crippen LogP contribution in [0.1, 0.15) is 22.7 Å². The van der Waals surface area contributed by atoms with Gasteiger partial charge in [-0.3, -0.25) is 4.79 Å². The number of hydrogen-bond acceptors (Lipinski definition) is 2. The Bertz CT molecular complexity index is 619. The number of nitrogens with one attached hydrogen (secondary N) is 1. The molecule has 1 aliphatic heterocycles. The predicted octanol–water partition coefficient (Wildman–Crippen LogP) is 2.79. The van der Waals surface area contributed by atoms with Crippen LogP contribution in [0.3, 0.4) is 0 Å². The fourth-order valence-electron chi connectivity index (χ4n) is 2.42. The molecule has 0 aliphatic carbocycles. The lowest BCUT2D eigenvalue weighted by Gasteiger charge is -2.11. The van der Waals surface area contributed by atoms with Gasteiger partial charge in [-0.25, -0.2) is 0 Å². The van der Waals surface area contributed by atoms with E-state index in [1.807, 2.05) is 55.5 Å². The molecule has 1 unspecified atom stereocenters. The second-order valence-corrected chi connectivity index (χ2v) is 5.13. The maximum Gasteiger partial charge on any atom is 0.225 e. The first-order valence-electron chi connectivity index (χ1n) is 6.79. The van der Waals surface area contributed by atoms with E-state index < -0.39 is 0 Å². The predicted molar refractivity (Wildman–Crippen MR) is 77.7 cm³/mol. The molecule has 1 N–H and O–H groups in total. The standard InChI is InChI=1S/C17H17NO2/c1-12-6-8-13(9-7-12)10-17(19)18-15-11-20-16-5-3-2-4-14(15)16/h2-9,15H,10-11H2,1H3,(H,18,19). The van der Waals surface area contributed by atoms with E-state index >= 15 is 0 Å². The Morgan fingerprint density at radius 2 is 1.95 bits per heavy atom. The van der Waals surface area contributed by atoms with Gasteiger partial charge in [0.2, 0.25) is 5.91 Å². The number of fused-ring (bicyclic) bond motifs is 1. The van der Waals surface area contributed by atoms with Crippen LogP contribution in [0.4, 0.5) is 0 Å². The van der Waals surface area contributed by atoms with Gasteiger partial charge in [-0.2, -0.15) is 0 Å². The van der Waals surface area contributed by atoms with E-state index in [0.717, 1.165) is 16.9 Å². The largest absolute Gasteiger partial charge is 0.491 e. The molecular weight excluding hydrogens is 250 g/mol. The number of carbonyl (C=O) groups is 1. The highest BCUT2D eigenvalue weighted by Crippen LogP contribution is 2.31. The summed E-state index contributed by atoms with van der Waals surface area (Å²) < 4.78 is 5.56. The Morgan fingerprint density at radius 3 is 2.75 bits per heavy atom. The number of hydrogen-bond donors (Lipinski definition) is 1. The summed E-state index contributed by atoms with van der Waals surface area (Å²) in [6.45, 7) is 2.55. The fraction of sp³-hybridized carbons (Fsp3) is 0.235. The van der Waals surface area contributed by atoms with Crippen molar-refractivity contribution in [2.75, 3.05) is 6.61 Å². The molecule has 1 heterocycles. The van der Waals surface area contributed by atoms with Gasteiger partial charge < -0.3 is 10.1 Å². The summed E-state index contributed by atoms with van der Waals surface area (Å²) in [5.41, 5.74) is 3.29. The molecule has 2 aromatic carbocycles. The highest BCUT2D eigenvalue weighted by Gasteiger charge is 2.24. The topological polar surface area (TPSA) is 38.3 Å². The highest BCUT2D eigenvalue weighted by molar-refractivity contribution is 5.79. The summed E-state index contributed by atoms with van der Waals surface area (Å²) in [6.07, 6.45) is 0.402. The van der Waals surface area contributed by atoms with Gasteiger partial charge in [0.1, 0.15) is 12.4 Å². The van der Waals surface area contributed by atoms with Crippen LogP contribution in [0.25, 0.3) is 0 Å². The Balaban J connectivity index is 1.64. The summed E-state index contributed by atoms with van der Waals surface area (Å²) in [4.78, 5) is 12.1. The molecule has 2 aromatic rings. The van der Waals surface area contributed by atoms with E-state index in [4.69, 9.17) is 4.74 Å². The molecule has 0 bridgehead atoms. The van der Waals surface area contributed by atoms with Crippen molar-refractivity contribution in [2.45, 2.75) is 19.4 Å². The van der Waals surface area contributed by atoms with Gasteiger partial charge in [0.15, 0.2) is 0 Å². The Labute approximate surface area is 118 Å². The zero-order valence-electron chi connectivity index (χ0n) is 11.4. The quantitative estimate of drug-likeness (QED) is 0.928. The van der Waals surface area contributed by atoms with Crippen LogP contribution in [0, 0.1) is 6.92 Å². The van der Waals surface area contributed by atoms with E-state index in [1.165, 1.54) is 5.56 Å². The van der Waals surface area contributed by atoms with E-state index in [1.54, 1.807) is 0 Å². The van der Waals surface area contributed by atoms with Crippen LogP contribution in [0.15, 0.2) is 48.5 Å². The minimum Gasteiger partial charge on any atom is -0.491 e. The van der Waals surface area contributed by atoms with Crippen molar-refractivity contribution in [3.63, 3.8) is 0 Å². The van der Waals surface area contributed by atoms with E-state index in [0.29, 0.717) is 13.0 Å².